The molecule has 2 aromatic rings. The second kappa shape index (κ2) is 8.76. The summed E-state index contributed by atoms with van der Waals surface area (Å²) in [5.74, 6) is -1.11. The fourth-order valence-corrected chi connectivity index (χ4v) is 3.13. The van der Waals surface area contributed by atoms with E-state index >= 15 is 0 Å². The molecule has 2 aromatic carbocycles. The fourth-order valence-electron chi connectivity index (χ4n) is 2.91. The van der Waals surface area contributed by atoms with Crippen LogP contribution in [0.3, 0.4) is 0 Å². The molecule has 29 heavy (non-hydrogen) atoms. The van der Waals surface area contributed by atoms with Gasteiger partial charge in [0.2, 0.25) is 5.91 Å². The lowest BCUT2D eigenvalue weighted by Gasteiger charge is -2.16. The van der Waals surface area contributed by atoms with E-state index in [1.54, 1.807) is 29.2 Å². The van der Waals surface area contributed by atoms with Gasteiger partial charge < -0.3 is 15.0 Å². The van der Waals surface area contributed by atoms with Gasteiger partial charge in [-0.25, -0.2) is 4.79 Å². The molecule has 2 amide bonds. The molecule has 3 rings (SSSR count). The Labute approximate surface area is 172 Å². The van der Waals surface area contributed by atoms with E-state index in [-0.39, 0.29) is 16.5 Å². The molecule has 8 heteroatoms. The normalized spacial score (nSPS) is 14.2. The molecule has 1 fully saturated rings. The van der Waals surface area contributed by atoms with Crippen molar-refractivity contribution in [2.75, 3.05) is 16.8 Å². The second-order valence-electron chi connectivity index (χ2n) is 6.54. The highest BCUT2D eigenvalue weighted by atomic mass is 35.5. The lowest BCUT2D eigenvalue weighted by molar-refractivity contribution is -0.123. The molecule has 1 aliphatic rings. The highest BCUT2D eigenvalue weighted by molar-refractivity contribution is 6.32. The maximum Gasteiger partial charge on any atom is 0.338 e. The molecule has 1 atom stereocenters. The van der Waals surface area contributed by atoms with Crippen LogP contribution in [0, 0.1) is 11.3 Å². The molecule has 0 unspecified atom stereocenters. The number of hydrogen-bond acceptors (Lipinski definition) is 5. The molecule has 0 saturated carbocycles. The standard InChI is InChI=1S/C21H18ClN3O4/c1-13(20(27)24-16-7-4-15(12-23)18(22)11-16)29-21(28)14-5-8-17(9-6-14)25-10-2-3-19(25)26/h4-9,11,13H,2-3,10H2,1H3,(H,24,27)/t13-/m1/s1. The van der Waals surface area contributed by atoms with E-state index < -0.39 is 18.0 Å². The first-order chi connectivity index (χ1) is 13.9. The molecular weight excluding hydrogens is 394 g/mol. The Morgan fingerprint density at radius 2 is 1.97 bits per heavy atom. The maximum atomic E-state index is 12.3. The van der Waals surface area contributed by atoms with E-state index in [9.17, 15) is 14.4 Å². The van der Waals surface area contributed by atoms with Gasteiger partial charge in [-0.2, -0.15) is 5.26 Å². The number of benzene rings is 2. The van der Waals surface area contributed by atoms with E-state index in [4.69, 9.17) is 21.6 Å². The molecule has 1 N–H and O–H groups in total. The lowest BCUT2D eigenvalue weighted by Crippen LogP contribution is -2.30. The van der Waals surface area contributed by atoms with E-state index in [2.05, 4.69) is 5.32 Å². The SMILES string of the molecule is C[C@@H](OC(=O)c1ccc(N2CCCC2=O)cc1)C(=O)Nc1ccc(C#N)c(Cl)c1. The number of nitrogens with zero attached hydrogens (tertiary/aromatic N) is 2. The second-order valence-corrected chi connectivity index (χ2v) is 6.95. The van der Waals surface area contributed by atoms with Crippen molar-refractivity contribution in [1.82, 2.24) is 0 Å². The minimum atomic E-state index is -1.04. The minimum absolute atomic E-state index is 0.0634. The van der Waals surface area contributed by atoms with Crippen LogP contribution >= 0.6 is 11.6 Å². The van der Waals surface area contributed by atoms with Crippen LogP contribution in [0.1, 0.15) is 35.7 Å². The summed E-state index contributed by atoms with van der Waals surface area (Å²) in [5, 5.41) is 11.7. The number of rotatable bonds is 5. The number of carbonyl (C=O) groups is 3. The number of nitrogens with one attached hydrogen (secondary N) is 1. The Morgan fingerprint density at radius 1 is 1.24 bits per heavy atom. The van der Waals surface area contributed by atoms with Gasteiger partial charge in [-0.15, -0.1) is 0 Å². The zero-order valence-electron chi connectivity index (χ0n) is 15.6. The number of amides is 2. The quantitative estimate of drug-likeness (QED) is 0.759. The van der Waals surface area contributed by atoms with Gasteiger partial charge in [0.1, 0.15) is 6.07 Å². The first kappa shape index (κ1) is 20.4. The van der Waals surface area contributed by atoms with Crippen molar-refractivity contribution in [3.8, 4) is 6.07 Å². The Kier molecular flexibility index (Phi) is 6.15. The summed E-state index contributed by atoms with van der Waals surface area (Å²) >= 11 is 5.94. The summed E-state index contributed by atoms with van der Waals surface area (Å²) in [5.41, 5.74) is 1.69. The largest absolute Gasteiger partial charge is 0.449 e. The third-order valence-electron chi connectivity index (χ3n) is 4.50. The summed E-state index contributed by atoms with van der Waals surface area (Å²) < 4.78 is 5.22. The number of hydrogen-bond donors (Lipinski definition) is 1. The monoisotopic (exact) mass is 411 g/mol. The van der Waals surface area contributed by atoms with Crippen molar-refractivity contribution in [3.05, 3.63) is 58.6 Å². The van der Waals surface area contributed by atoms with Crippen LogP contribution in [0.15, 0.2) is 42.5 Å². The average molecular weight is 412 g/mol. The van der Waals surface area contributed by atoms with Crippen LogP contribution in [0.4, 0.5) is 11.4 Å². The zero-order chi connectivity index (χ0) is 21.0. The van der Waals surface area contributed by atoms with E-state index in [1.165, 1.54) is 25.1 Å². The summed E-state index contributed by atoms with van der Waals surface area (Å²) in [4.78, 5) is 38.0. The highest BCUT2D eigenvalue weighted by Gasteiger charge is 2.23. The van der Waals surface area contributed by atoms with Gasteiger partial charge in [0, 0.05) is 24.3 Å². The van der Waals surface area contributed by atoms with Gasteiger partial charge in [-0.3, -0.25) is 9.59 Å². The summed E-state index contributed by atoms with van der Waals surface area (Å²) in [6.07, 6.45) is 0.303. The van der Waals surface area contributed by atoms with Gasteiger partial charge in [0.05, 0.1) is 16.1 Å². The number of ether oxygens (including phenoxy) is 1. The van der Waals surface area contributed by atoms with Crippen molar-refractivity contribution < 1.29 is 19.1 Å². The number of nitriles is 1. The lowest BCUT2D eigenvalue weighted by atomic mass is 10.2. The van der Waals surface area contributed by atoms with Gasteiger partial charge in [0.15, 0.2) is 6.10 Å². The summed E-state index contributed by atoms with van der Waals surface area (Å²) in [6.45, 7) is 2.12. The molecular formula is C21H18ClN3O4. The molecule has 148 valence electrons. The third kappa shape index (κ3) is 4.73. The molecule has 0 aliphatic carbocycles. The van der Waals surface area contributed by atoms with Crippen molar-refractivity contribution >= 4 is 40.8 Å². The summed E-state index contributed by atoms with van der Waals surface area (Å²) in [6, 6.07) is 12.9. The molecule has 0 aromatic heterocycles. The first-order valence-electron chi connectivity index (χ1n) is 9.01. The Bertz CT molecular complexity index is 998. The number of carbonyl (C=O) groups excluding carboxylic acids is 3. The molecule has 1 aliphatic heterocycles. The molecule has 0 spiro atoms. The predicted molar refractivity (Wildman–Crippen MR) is 108 cm³/mol. The minimum Gasteiger partial charge on any atom is -0.449 e. The molecule has 0 radical (unpaired) electrons. The Hall–Kier alpha value is -3.37. The van der Waals surface area contributed by atoms with Crippen LogP contribution < -0.4 is 10.2 Å². The van der Waals surface area contributed by atoms with Crippen molar-refractivity contribution in [1.29, 1.82) is 5.26 Å². The Balaban J connectivity index is 1.59. The van der Waals surface area contributed by atoms with E-state index in [1.807, 2.05) is 6.07 Å². The van der Waals surface area contributed by atoms with E-state index in [0.717, 1.165) is 12.1 Å². The average Bonchev–Trinajstić information content (AvgIpc) is 3.14. The van der Waals surface area contributed by atoms with Gasteiger partial charge in [-0.1, -0.05) is 11.6 Å². The van der Waals surface area contributed by atoms with Crippen molar-refractivity contribution in [2.45, 2.75) is 25.9 Å². The highest BCUT2D eigenvalue weighted by Crippen LogP contribution is 2.22. The van der Waals surface area contributed by atoms with Gasteiger partial charge in [0.25, 0.3) is 5.91 Å². The Morgan fingerprint density at radius 3 is 2.55 bits per heavy atom. The topological polar surface area (TPSA) is 99.5 Å². The van der Waals surface area contributed by atoms with Crippen LogP contribution in [0.2, 0.25) is 5.02 Å². The maximum absolute atomic E-state index is 12.3. The van der Waals surface area contributed by atoms with Crippen molar-refractivity contribution in [3.63, 3.8) is 0 Å². The van der Waals surface area contributed by atoms with E-state index in [0.29, 0.717) is 24.2 Å². The molecule has 0 bridgehead atoms. The number of anilines is 2. The fraction of sp³-hybridized carbons (Fsp3) is 0.238. The first-order valence-corrected chi connectivity index (χ1v) is 9.39. The smallest absolute Gasteiger partial charge is 0.338 e. The molecule has 1 saturated heterocycles. The van der Waals surface area contributed by atoms with Crippen molar-refractivity contribution in [2.24, 2.45) is 0 Å². The number of esters is 1. The van der Waals surface area contributed by atoms with Gasteiger partial charge >= 0.3 is 5.97 Å². The van der Waals surface area contributed by atoms with Gasteiger partial charge in [-0.05, 0) is 55.8 Å². The van der Waals surface area contributed by atoms with Crippen LogP contribution in [0.5, 0.6) is 0 Å². The van der Waals surface area contributed by atoms with Crippen LogP contribution in [0.25, 0.3) is 0 Å². The van der Waals surface area contributed by atoms with Crippen LogP contribution in [-0.4, -0.2) is 30.4 Å². The molecule has 7 nitrogen and oxygen atoms in total. The third-order valence-corrected chi connectivity index (χ3v) is 4.81. The summed E-state index contributed by atoms with van der Waals surface area (Å²) in [7, 11) is 0. The number of halogens is 1. The van der Waals surface area contributed by atoms with Crippen LogP contribution in [-0.2, 0) is 14.3 Å². The molecule has 1 heterocycles. The zero-order valence-corrected chi connectivity index (χ0v) is 16.4. The predicted octanol–water partition coefficient (Wildman–Crippen LogP) is 3.52.